The first kappa shape index (κ1) is 35.0. The van der Waals surface area contributed by atoms with Crippen LogP contribution in [0.4, 0.5) is 5.69 Å². The number of piperidine rings is 1. The molecular weight excluding hydrogens is 664 g/mol. The second kappa shape index (κ2) is 15.5. The third-order valence-electron chi connectivity index (χ3n) is 11.2. The maximum Gasteiger partial charge on any atom is 0.250 e. The zero-order valence-corrected chi connectivity index (χ0v) is 29.7. The summed E-state index contributed by atoms with van der Waals surface area (Å²) in [7, 11) is 0. The number of likely N-dealkylation sites (tertiary alicyclic amines) is 1. The summed E-state index contributed by atoms with van der Waals surface area (Å²) in [6, 6.07) is 24.2. The zero-order chi connectivity index (χ0) is 35.4. The number of carbonyl (C=O) groups excluding carboxylic acids is 4. The number of rotatable bonds is 9. The van der Waals surface area contributed by atoms with Gasteiger partial charge in [-0.3, -0.25) is 19.2 Å². The van der Waals surface area contributed by atoms with Gasteiger partial charge in [0.25, 0.3) is 5.91 Å². The Morgan fingerprint density at radius 2 is 1.57 bits per heavy atom. The monoisotopic (exact) mass is 710 g/mol. The number of nitrogens with one attached hydrogen (secondary N) is 3. The van der Waals surface area contributed by atoms with E-state index in [1.165, 1.54) is 12.0 Å². The van der Waals surface area contributed by atoms with Crippen LogP contribution in [0.1, 0.15) is 61.6 Å². The standard InChI is InChI=1S/C40H47ClN6O4/c41-31-17-15-28(16-18-31)23-35(44-37(49)34-24-29-9-7-8-10-30(29)25-42-34)38(50)45-21-19-40(20-22-45)39(51)46(27-47(40)33-13-5-2-6-14-33)26-36(48)43-32-11-3-1-4-12-32/h2,5-10,13-18,32,34-35,42H,1,3-4,11-12,19-27H2,(H,43,48)(H,44,49)/t34?,35-/m1/s1. The van der Waals surface area contributed by atoms with E-state index in [0.29, 0.717) is 57.0 Å². The van der Waals surface area contributed by atoms with Crippen LogP contribution in [0, 0.1) is 0 Å². The van der Waals surface area contributed by atoms with Gasteiger partial charge >= 0.3 is 0 Å². The van der Waals surface area contributed by atoms with E-state index in [1.54, 1.807) is 21.9 Å². The molecule has 3 fully saturated rings. The van der Waals surface area contributed by atoms with Gasteiger partial charge in [-0.15, -0.1) is 0 Å². The first-order valence-electron chi connectivity index (χ1n) is 18.3. The Balaban J connectivity index is 1.06. The van der Waals surface area contributed by atoms with Crippen molar-refractivity contribution in [3.05, 3.63) is 101 Å². The average Bonchev–Trinajstić information content (AvgIpc) is 3.41. The molecule has 1 unspecified atom stereocenters. The van der Waals surface area contributed by atoms with Crippen LogP contribution in [0.25, 0.3) is 0 Å². The molecular formula is C40H47ClN6O4. The summed E-state index contributed by atoms with van der Waals surface area (Å²) >= 11 is 6.16. The number of halogens is 1. The van der Waals surface area contributed by atoms with Gasteiger partial charge in [0.05, 0.1) is 12.7 Å². The van der Waals surface area contributed by atoms with Crippen LogP contribution in [0.2, 0.25) is 5.02 Å². The van der Waals surface area contributed by atoms with Crippen LogP contribution in [0.5, 0.6) is 0 Å². The topological polar surface area (TPSA) is 114 Å². The zero-order valence-electron chi connectivity index (χ0n) is 29.0. The van der Waals surface area contributed by atoms with Crippen molar-refractivity contribution in [3.63, 3.8) is 0 Å². The van der Waals surface area contributed by atoms with Crippen LogP contribution in [0.15, 0.2) is 78.9 Å². The van der Waals surface area contributed by atoms with Crippen molar-refractivity contribution in [1.29, 1.82) is 0 Å². The minimum atomic E-state index is -0.877. The Bertz CT molecular complexity index is 1720. The fraction of sp³-hybridized carbons (Fsp3) is 0.450. The molecule has 268 valence electrons. The third-order valence-corrected chi connectivity index (χ3v) is 11.4. The van der Waals surface area contributed by atoms with Crippen LogP contribution in [0.3, 0.4) is 0 Å². The van der Waals surface area contributed by atoms with Gasteiger partial charge in [-0.2, -0.15) is 0 Å². The lowest BCUT2D eigenvalue weighted by Gasteiger charge is -2.44. The maximum atomic E-state index is 14.3. The van der Waals surface area contributed by atoms with Gasteiger partial charge in [0, 0.05) is 42.8 Å². The Morgan fingerprint density at radius 3 is 2.29 bits per heavy atom. The van der Waals surface area contributed by atoms with E-state index in [1.807, 2.05) is 60.7 Å². The number of benzene rings is 3. The van der Waals surface area contributed by atoms with Crippen LogP contribution in [-0.4, -0.2) is 83.4 Å². The van der Waals surface area contributed by atoms with Gasteiger partial charge in [0.15, 0.2) is 0 Å². The van der Waals surface area contributed by atoms with E-state index in [0.717, 1.165) is 42.5 Å². The lowest BCUT2D eigenvalue weighted by Crippen LogP contribution is -2.60. The van der Waals surface area contributed by atoms with Crippen LogP contribution < -0.4 is 20.9 Å². The third kappa shape index (κ3) is 7.77. The molecule has 3 heterocycles. The van der Waals surface area contributed by atoms with Gasteiger partial charge in [-0.1, -0.05) is 85.5 Å². The molecule has 4 amide bonds. The van der Waals surface area contributed by atoms with E-state index < -0.39 is 17.6 Å². The molecule has 4 aliphatic rings. The first-order valence-corrected chi connectivity index (χ1v) is 18.7. The molecule has 1 spiro atoms. The smallest absolute Gasteiger partial charge is 0.250 e. The number of para-hydroxylation sites is 1. The molecule has 0 aromatic heterocycles. The molecule has 10 nitrogen and oxygen atoms in total. The Hall–Kier alpha value is -4.41. The number of nitrogens with zero attached hydrogens (tertiary/aromatic N) is 3. The number of carbonyl (C=O) groups is 4. The lowest BCUT2D eigenvalue weighted by atomic mass is 9.85. The molecule has 1 aliphatic carbocycles. The summed E-state index contributed by atoms with van der Waals surface area (Å²) in [5, 5.41) is 10.2. The van der Waals surface area contributed by atoms with Gasteiger partial charge in [-0.25, -0.2) is 0 Å². The Morgan fingerprint density at radius 1 is 0.882 bits per heavy atom. The molecule has 3 aliphatic heterocycles. The maximum absolute atomic E-state index is 14.3. The molecule has 0 bridgehead atoms. The number of hydrogen-bond donors (Lipinski definition) is 3. The highest BCUT2D eigenvalue weighted by molar-refractivity contribution is 6.30. The predicted octanol–water partition coefficient (Wildman–Crippen LogP) is 4.20. The summed E-state index contributed by atoms with van der Waals surface area (Å²) in [5.41, 5.74) is 3.22. The summed E-state index contributed by atoms with van der Waals surface area (Å²) in [4.78, 5) is 61.0. The minimum absolute atomic E-state index is 0.0118. The van der Waals surface area contributed by atoms with Crippen molar-refractivity contribution in [1.82, 2.24) is 25.8 Å². The summed E-state index contributed by atoms with van der Waals surface area (Å²) in [6.07, 6.45) is 7.07. The van der Waals surface area contributed by atoms with Crippen molar-refractivity contribution < 1.29 is 19.2 Å². The van der Waals surface area contributed by atoms with Crippen LogP contribution in [-0.2, 0) is 38.6 Å². The molecule has 3 N–H and O–H groups in total. The average molecular weight is 711 g/mol. The fourth-order valence-corrected chi connectivity index (χ4v) is 8.43. The van der Waals surface area contributed by atoms with E-state index in [9.17, 15) is 19.2 Å². The van der Waals surface area contributed by atoms with E-state index in [4.69, 9.17) is 11.6 Å². The van der Waals surface area contributed by atoms with E-state index >= 15 is 0 Å². The molecule has 2 saturated heterocycles. The van der Waals surface area contributed by atoms with Crippen molar-refractivity contribution in [2.24, 2.45) is 0 Å². The van der Waals surface area contributed by atoms with Gasteiger partial charge < -0.3 is 30.7 Å². The SMILES string of the molecule is O=C(CN1CN(c2ccccc2)C2(CCN(C(=O)[C@@H](Cc3ccc(Cl)cc3)NC(=O)C3Cc4ccccc4CN3)CC2)C1=O)NC1CCCCC1. The molecule has 1 saturated carbocycles. The summed E-state index contributed by atoms with van der Waals surface area (Å²) in [6.45, 7) is 1.60. The molecule has 2 atom stereocenters. The minimum Gasteiger partial charge on any atom is -0.352 e. The quantitative estimate of drug-likeness (QED) is 0.307. The Labute approximate surface area is 304 Å². The molecule has 51 heavy (non-hydrogen) atoms. The molecule has 3 aromatic carbocycles. The normalized spacial score (nSPS) is 20.9. The second-order valence-electron chi connectivity index (χ2n) is 14.5. The predicted molar refractivity (Wildman–Crippen MR) is 197 cm³/mol. The summed E-state index contributed by atoms with van der Waals surface area (Å²) < 4.78 is 0. The van der Waals surface area contributed by atoms with Crippen molar-refractivity contribution in [3.8, 4) is 0 Å². The molecule has 11 heteroatoms. The number of amides is 4. The highest BCUT2D eigenvalue weighted by Gasteiger charge is 2.54. The van der Waals surface area contributed by atoms with Gasteiger partial charge in [-0.05, 0) is 73.1 Å². The van der Waals surface area contributed by atoms with E-state index in [-0.39, 0.29) is 36.2 Å². The number of fused-ring (bicyclic) bond motifs is 1. The number of anilines is 1. The van der Waals surface area contributed by atoms with Crippen LogP contribution >= 0.6 is 11.6 Å². The Kier molecular flexibility index (Phi) is 10.6. The highest BCUT2D eigenvalue weighted by Crippen LogP contribution is 2.39. The van der Waals surface area contributed by atoms with Gasteiger partial charge in [0.1, 0.15) is 18.1 Å². The molecule has 7 rings (SSSR count). The van der Waals surface area contributed by atoms with E-state index in [2.05, 4.69) is 26.9 Å². The van der Waals surface area contributed by atoms with Crippen molar-refractivity contribution in [2.75, 3.05) is 31.2 Å². The van der Waals surface area contributed by atoms with Crippen molar-refractivity contribution in [2.45, 2.75) is 88.0 Å². The fourth-order valence-electron chi connectivity index (χ4n) is 8.30. The molecule has 0 radical (unpaired) electrons. The number of hydrogen-bond acceptors (Lipinski definition) is 6. The first-order chi connectivity index (χ1) is 24.8. The lowest BCUT2D eigenvalue weighted by molar-refractivity contribution is -0.141. The largest absolute Gasteiger partial charge is 0.352 e. The van der Waals surface area contributed by atoms with Gasteiger partial charge in [0.2, 0.25) is 17.7 Å². The highest BCUT2D eigenvalue weighted by atomic mass is 35.5. The molecule has 3 aromatic rings. The second-order valence-corrected chi connectivity index (χ2v) is 14.9. The summed E-state index contributed by atoms with van der Waals surface area (Å²) in [5.74, 6) is -0.588. The van der Waals surface area contributed by atoms with Crippen molar-refractivity contribution >= 4 is 40.9 Å².